The Morgan fingerprint density at radius 2 is 1.71 bits per heavy atom. The zero-order valence-corrected chi connectivity index (χ0v) is 11.5. The van der Waals surface area contributed by atoms with Crippen molar-refractivity contribution in [3.8, 4) is 0 Å². The van der Waals surface area contributed by atoms with E-state index in [-0.39, 0.29) is 0 Å². The molecule has 3 aliphatic rings. The van der Waals surface area contributed by atoms with Gasteiger partial charge in [-0.1, -0.05) is 32.1 Å². The molecule has 1 nitrogen and oxygen atoms in total. The molecule has 3 fully saturated rings. The van der Waals surface area contributed by atoms with E-state index >= 15 is 0 Å². The van der Waals surface area contributed by atoms with Crippen LogP contribution in [0.3, 0.4) is 0 Å². The van der Waals surface area contributed by atoms with E-state index in [0.29, 0.717) is 5.41 Å². The summed E-state index contributed by atoms with van der Waals surface area (Å²) in [5.41, 5.74) is 0.710. The first kappa shape index (κ1) is 12.0. The second-order valence-corrected chi connectivity index (χ2v) is 7.03. The van der Waals surface area contributed by atoms with E-state index in [4.69, 9.17) is 0 Å². The molecule has 0 aromatic carbocycles. The van der Waals surface area contributed by atoms with E-state index in [1.165, 1.54) is 45.1 Å². The van der Waals surface area contributed by atoms with Crippen LogP contribution in [0.4, 0.5) is 0 Å². The molecule has 3 atom stereocenters. The first-order chi connectivity index (χ1) is 8.35. The van der Waals surface area contributed by atoms with Crippen LogP contribution in [0, 0.1) is 23.2 Å². The van der Waals surface area contributed by atoms with Gasteiger partial charge in [0.05, 0.1) is 0 Å². The maximum absolute atomic E-state index is 3.55. The Labute approximate surface area is 107 Å². The standard InChI is InChI=1S/C16H29N/c1-17-12-16(11-13-8-9-15(16)10-13)14-6-4-2-3-5-7-14/h13-15,17H,2-12H2,1H3. The Hall–Kier alpha value is -0.0400. The number of nitrogens with one attached hydrogen (secondary N) is 1. The fourth-order valence-electron chi connectivity index (χ4n) is 5.53. The smallest absolute Gasteiger partial charge is 0.00102 e. The van der Waals surface area contributed by atoms with Crippen LogP contribution in [0.5, 0.6) is 0 Å². The highest BCUT2D eigenvalue weighted by Crippen LogP contribution is 2.61. The van der Waals surface area contributed by atoms with Crippen molar-refractivity contribution in [1.82, 2.24) is 5.32 Å². The Morgan fingerprint density at radius 3 is 2.24 bits per heavy atom. The quantitative estimate of drug-likeness (QED) is 0.730. The summed E-state index contributed by atoms with van der Waals surface area (Å²) in [5, 5.41) is 3.55. The van der Waals surface area contributed by atoms with Crippen molar-refractivity contribution in [2.75, 3.05) is 13.6 Å². The van der Waals surface area contributed by atoms with Crippen molar-refractivity contribution >= 4 is 0 Å². The summed E-state index contributed by atoms with van der Waals surface area (Å²) < 4.78 is 0. The number of hydrogen-bond donors (Lipinski definition) is 1. The summed E-state index contributed by atoms with van der Waals surface area (Å²) in [6.45, 7) is 1.30. The van der Waals surface area contributed by atoms with Gasteiger partial charge in [-0.25, -0.2) is 0 Å². The topological polar surface area (TPSA) is 12.0 Å². The third-order valence-corrected chi connectivity index (χ3v) is 6.20. The van der Waals surface area contributed by atoms with E-state index < -0.39 is 0 Å². The van der Waals surface area contributed by atoms with Crippen molar-refractivity contribution in [2.24, 2.45) is 23.2 Å². The third kappa shape index (κ3) is 2.05. The molecule has 3 saturated carbocycles. The first-order valence-corrected chi connectivity index (χ1v) is 8.00. The second kappa shape index (κ2) is 4.91. The van der Waals surface area contributed by atoms with Crippen LogP contribution in [0.2, 0.25) is 0 Å². The fraction of sp³-hybridized carbons (Fsp3) is 1.00. The molecule has 1 N–H and O–H groups in total. The molecule has 1 heteroatoms. The Kier molecular flexibility index (Phi) is 3.47. The molecule has 0 amide bonds. The van der Waals surface area contributed by atoms with E-state index in [1.807, 2.05) is 0 Å². The summed E-state index contributed by atoms with van der Waals surface area (Å²) in [4.78, 5) is 0. The summed E-state index contributed by atoms with van der Waals surface area (Å²) in [6.07, 6.45) is 15.3. The zero-order valence-electron chi connectivity index (χ0n) is 11.5. The van der Waals surface area contributed by atoms with Crippen molar-refractivity contribution in [2.45, 2.75) is 64.2 Å². The van der Waals surface area contributed by atoms with Crippen LogP contribution >= 0.6 is 0 Å². The van der Waals surface area contributed by atoms with Crippen molar-refractivity contribution in [3.63, 3.8) is 0 Å². The van der Waals surface area contributed by atoms with Gasteiger partial charge in [0.1, 0.15) is 0 Å². The van der Waals surface area contributed by atoms with Crippen molar-refractivity contribution in [3.05, 3.63) is 0 Å². The first-order valence-electron chi connectivity index (χ1n) is 8.00. The molecule has 0 aliphatic heterocycles. The van der Waals surface area contributed by atoms with Gasteiger partial charge >= 0.3 is 0 Å². The monoisotopic (exact) mass is 235 g/mol. The highest BCUT2D eigenvalue weighted by atomic mass is 14.9. The number of rotatable bonds is 3. The highest BCUT2D eigenvalue weighted by Gasteiger charge is 2.53. The highest BCUT2D eigenvalue weighted by molar-refractivity contribution is 5.04. The lowest BCUT2D eigenvalue weighted by Gasteiger charge is -2.44. The Bertz CT molecular complexity index is 254. The molecular formula is C16H29N. The Morgan fingerprint density at radius 1 is 0.941 bits per heavy atom. The molecule has 0 aromatic rings. The molecule has 0 radical (unpaired) electrons. The minimum atomic E-state index is 0.710. The molecule has 0 aromatic heterocycles. The normalized spacial score (nSPS) is 42.9. The molecule has 98 valence electrons. The Balaban J connectivity index is 1.78. The summed E-state index contributed by atoms with van der Waals surface area (Å²) >= 11 is 0. The van der Waals surface area contributed by atoms with Crippen LogP contribution < -0.4 is 5.32 Å². The molecule has 3 unspecified atom stereocenters. The zero-order chi connectivity index (χ0) is 11.7. The van der Waals surface area contributed by atoms with E-state index in [0.717, 1.165) is 17.8 Å². The van der Waals surface area contributed by atoms with Crippen LogP contribution in [-0.2, 0) is 0 Å². The second-order valence-electron chi connectivity index (χ2n) is 7.03. The molecule has 0 saturated heterocycles. The summed E-state index contributed by atoms with van der Waals surface area (Å²) in [5.74, 6) is 3.22. The van der Waals surface area contributed by atoms with Gasteiger partial charge in [-0.05, 0) is 62.3 Å². The van der Waals surface area contributed by atoms with Crippen LogP contribution in [0.1, 0.15) is 64.2 Å². The van der Waals surface area contributed by atoms with Gasteiger partial charge in [0.15, 0.2) is 0 Å². The largest absolute Gasteiger partial charge is 0.319 e. The number of fused-ring (bicyclic) bond motifs is 2. The average molecular weight is 235 g/mol. The van der Waals surface area contributed by atoms with Gasteiger partial charge in [-0.3, -0.25) is 0 Å². The molecule has 2 bridgehead atoms. The lowest BCUT2D eigenvalue weighted by Crippen LogP contribution is -2.43. The minimum Gasteiger partial charge on any atom is -0.319 e. The summed E-state index contributed by atoms with van der Waals surface area (Å²) in [7, 11) is 2.17. The molecule has 17 heavy (non-hydrogen) atoms. The van der Waals surface area contributed by atoms with E-state index in [9.17, 15) is 0 Å². The van der Waals surface area contributed by atoms with E-state index in [1.54, 1.807) is 25.7 Å². The third-order valence-electron chi connectivity index (χ3n) is 6.20. The predicted molar refractivity (Wildman–Crippen MR) is 73.0 cm³/mol. The van der Waals surface area contributed by atoms with Gasteiger partial charge < -0.3 is 5.32 Å². The van der Waals surface area contributed by atoms with Crippen molar-refractivity contribution < 1.29 is 0 Å². The molecular weight excluding hydrogens is 206 g/mol. The van der Waals surface area contributed by atoms with E-state index in [2.05, 4.69) is 12.4 Å². The minimum absolute atomic E-state index is 0.710. The maximum Gasteiger partial charge on any atom is 0.00102 e. The van der Waals surface area contributed by atoms with Crippen LogP contribution in [-0.4, -0.2) is 13.6 Å². The van der Waals surface area contributed by atoms with Gasteiger partial charge in [-0.15, -0.1) is 0 Å². The van der Waals surface area contributed by atoms with Gasteiger partial charge in [0, 0.05) is 6.54 Å². The van der Waals surface area contributed by atoms with Gasteiger partial charge in [0.2, 0.25) is 0 Å². The molecule has 3 aliphatic carbocycles. The number of hydrogen-bond acceptors (Lipinski definition) is 1. The summed E-state index contributed by atoms with van der Waals surface area (Å²) in [6, 6.07) is 0. The van der Waals surface area contributed by atoms with Gasteiger partial charge in [0.25, 0.3) is 0 Å². The molecule has 3 rings (SSSR count). The predicted octanol–water partition coefficient (Wildman–Crippen LogP) is 3.98. The molecule has 0 heterocycles. The fourth-order valence-corrected chi connectivity index (χ4v) is 5.53. The average Bonchev–Trinajstić information content (AvgIpc) is 2.81. The molecule has 0 spiro atoms. The maximum atomic E-state index is 3.55. The lowest BCUT2D eigenvalue weighted by atomic mass is 9.62. The van der Waals surface area contributed by atoms with Gasteiger partial charge in [-0.2, -0.15) is 0 Å². The van der Waals surface area contributed by atoms with Crippen LogP contribution in [0.15, 0.2) is 0 Å². The lowest BCUT2D eigenvalue weighted by molar-refractivity contribution is 0.0642. The van der Waals surface area contributed by atoms with Crippen LogP contribution in [0.25, 0.3) is 0 Å². The SMILES string of the molecule is CNCC1(C2CCCCCC2)CC2CCC1C2. The van der Waals surface area contributed by atoms with Crippen molar-refractivity contribution in [1.29, 1.82) is 0 Å².